The van der Waals surface area contributed by atoms with Crippen molar-refractivity contribution in [2.75, 3.05) is 5.75 Å². The van der Waals surface area contributed by atoms with Crippen molar-refractivity contribution < 1.29 is 19.4 Å². The van der Waals surface area contributed by atoms with E-state index < -0.39 is 6.29 Å². The largest absolute Gasteiger partial charge is 0.392 e. The van der Waals surface area contributed by atoms with E-state index in [1.165, 1.54) is 19.3 Å². The summed E-state index contributed by atoms with van der Waals surface area (Å²) in [4.78, 5) is 17.4. The molecule has 43 heavy (non-hydrogen) atoms. The van der Waals surface area contributed by atoms with Gasteiger partial charge in [0.05, 0.1) is 18.8 Å². The molecule has 228 valence electrons. The summed E-state index contributed by atoms with van der Waals surface area (Å²) in [5.74, 6) is 3.17. The Labute approximate surface area is 258 Å². The average Bonchev–Trinajstić information content (AvgIpc) is 3.42. The number of ether oxygens (including phenoxy) is 2. The molecule has 8 nitrogen and oxygen atoms in total. The van der Waals surface area contributed by atoms with E-state index in [0.29, 0.717) is 6.54 Å². The number of carbonyl (C=O) groups is 1. The van der Waals surface area contributed by atoms with Crippen LogP contribution in [0.15, 0.2) is 66.1 Å². The first kappa shape index (κ1) is 28.9. The zero-order chi connectivity index (χ0) is 29.4. The molecule has 0 unspecified atom stereocenters. The summed E-state index contributed by atoms with van der Waals surface area (Å²) < 4.78 is 15.0. The van der Waals surface area contributed by atoms with Gasteiger partial charge in [0, 0.05) is 49.3 Å². The number of carbonyl (C=O) groups excluding carboxylic acids is 1. The van der Waals surface area contributed by atoms with Gasteiger partial charge >= 0.3 is 6.03 Å². The van der Waals surface area contributed by atoms with E-state index in [2.05, 4.69) is 15.6 Å². The molecule has 4 bridgehead atoms. The van der Waals surface area contributed by atoms with Gasteiger partial charge in [0.2, 0.25) is 0 Å². The fourth-order valence-corrected chi connectivity index (χ4v) is 9.15. The van der Waals surface area contributed by atoms with E-state index >= 15 is 0 Å². The number of nitrogens with zero attached hydrogens (tertiary/aromatic N) is 2. The quantitative estimate of drug-likeness (QED) is 0.259. The molecule has 3 N–H and O–H groups in total. The molecular weight excluding hydrogens is 560 g/mol. The van der Waals surface area contributed by atoms with Gasteiger partial charge < -0.3 is 29.8 Å². The number of nitrogens with one attached hydrogen (secondary N) is 2. The van der Waals surface area contributed by atoms with Crippen LogP contribution in [0.3, 0.4) is 0 Å². The van der Waals surface area contributed by atoms with Crippen molar-refractivity contribution in [1.29, 1.82) is 0 Å². The lowest BCUT2D eigenvalue weighted by molar-refractivity contribution is -0.245. The Kier molecular flexibility index (Phi) is 8.24. The Morgan fingerprint density at radius 1 is 0.953 bits per heavy atom. The summed E-state index contributed by atoms with van der Waals surface area (Å²) in [6.07, 6.45) is 11.4. The maximum atomic E-state index is 12.9. The minimum atomic E-state index is -0.510. The van der Waals surface area contributed by atoms with Crippen molar-refractivity contribution in [2.45, 2.75) is 87.3 Å². The van der Waals surface area contributed by atoms with Crippen LogP contribution in [0.1, 0.15) is 79.6 Å². The van der Waals surface area contributed by atoms with Crippen LogP contribution in [0.5, 0.6) is 0 Å². The van der Waals surface area contributed by atoms with Gasteiger partial charge in [0.25, 0.3) is 0 Å². The fourth-order valence-electron chi connectivity index (χ4n) is 8.20. The SMILES string of the molecule is Cn1ccnc1SC[C@@H]1C[C@H](c2ccc(CO)cc2)O[C@H](c2ccc(CNC(=O)NC34CC5CC(CC(C5)C3)C4)cc2)O1. The normalized spacial score (nSPS) is 31.2. The second kappa shape index (κ2) is 12.3. The number of imidazole rings is 1. The monoisotopic (exact) mass is 602 g/mol. The van der Waals surface area contributed by atoms with E-state index in [4.69, 9.17) is 9.47 Å². The maximum absolute atomic E-state index is 12.9. The Balaban J connectivity index is 0.984. The molecule has 9 heteroatoms. The molecule has 3 aromatic rings. The standard InChI is InChI=1S/C34H42N4O4S/c1-38-11-10-35-33(38)43-21-29-15-30(27-6-4-23(20-39)5-7-27)42-31(41-29)28-8-2-22(3-9-28)19-36-32(40)37-34-16-24-12-25(17-34)14-26(13-24)18-34/h2-11,24-26,29-31,39H,12-21H2,1H3,(H2,36,37,40)/t24?,25?,26?,29-,30+,31+,34?/m0/s1. The van der Waals surface area contributed by atoms with Crippen molar-refractivity contribution in [1.82, 2.24) is 20.2 Å². The van der Waals surface area contributed by atoms with Crippen molar-refractivity contribution in [2.24, 2.45) is 24.8 Å². The third-order valence-corrected chi connectivity index (χ3v) is 11.1. The van der Waals surface area contributed by atoms with Crippen LogP contribution in [0.25, 0.3) is 0 Å². The van der Waals surface area contributed by atoms with Gasteiger partial charge in [-0.15, -0.1) is 0 Å². The highest BCUT2D eigenvalue weighted by Gasteiger charge is 2.51. The zero-order valence-electron chi connectivity index (χ0n) is 24.8. The van der Waals surface area contributed by atoms with Gasteiger partial charge in [0.1, 0.15) is 0 Å². The molecule has 2 heterocycles. The highest BCUT2D eigenvalue weighted by molar-refractivity contribution is 7.99. The number of aliphatic hydroxyl groups is 1. The molecule has 2 amide bonds. The van der Waals surface area contributed by atoms with Gasteiger partial charge in [-0.05, 0) is 73.0 Å². The molecule has 8 rings (SSSR count). The molecule has 0 spiro atoms. The molecular formula is C34H42N4O4S. The van der Waals surface area contributed by atoms with Crippen molar-refractivity contribution in [3.05, 3.63) is 83.2 Å². The van der Waals surface area contributed by atoms with Gasteiger partial charge in [-0.1, -0.05) is 60.3 Å². The number of thioether (sulfide) groups is 1. The lowest BCUT2D eigenvalue weighted by Gasteiger charge is -2.56. The van der Waals surface area contributed by atoms with Crippen LogP contribution in [0.4, 0.5) is 4.79 Å². The van der Waals surface area contributed by atoms with E-state index in [-0.39, 0.29) is 30.4 Å². The molecule has 5 aliphatic rings. The fraction of sp³-hybridized carbons (Fsp3) is 0.529. The first-order valence-corrected chi connectivity index (χ1v) is 16.7. The predicted octanol–water partition coefficient (Wildman–Crippen LogP) is 6.02. The molecule has 2 aromatic carbocycles. The van der Waals surface area contributed by atoms with Crippen molar-refractivity contribution in [3.8, 4) is 0 Å². The molecule has 1 saturated heterocycles. The second-order valence-corrected chi connectivity index (χ2v) is 14.2. The average molecular weight is 603 g/mol. The van der Waals surface area contributed by atoms with Crippen LogP contribution in [-0.2, 0) is 29.7 Å². The Bertz CT molecular complexity index is 1370. The van der Waals surface area contributed by atoms with Crippen LogP contribution in [0.2, 0.25) is 0 Å². The molecule has 1 aliphatic heterocycles. The van der Waals surface area contributed by atoms with Gasteiger partial charge in [0.15, 0.2) is 11.4 Å². The number of aliphatic hydroxyl groups excluding tert-OH is 1. The van der Waals surface area contributed by atoms with Crippen molar-refractivity contribution in [3.63, 3.8) is 0 Å². The summed E-state index contributed by atoms with van der Waals surface area (Å²) in [6, 6.07) is 16.1. The highest BCUT2D eigenvalue weighted by Crippen LogP contribution is 2.55. The minimum Gasteiger partial charge on any atom is -0.392 e. The smallest absolute Gasteiger partial charge is 0.315 e. The number of aryl methyl sites for hydroxylation is 1. The first-order valence-electron chi connectivity index (χ1n) is 15.7. The molecule has 5 fully saturated rings. The number of rotatable bonds is 9. The summed E-state index contributed by atoms with van der Waals surface area (Å²) in [6.45, 7) is 0.499. The number of benzene rings is 2. The summed E-state index contributed by atoms with van der Waals surface area (Å²) in [5, 5.41) is 16.9. The summed E-state index contributed by atoms with van der Waals surface area (Å²) in [5.41, 5.74) is 3.95. The highest BCUT2D eigenvalue weighted by atomic mass is 32.2. The second-order valence-electron chi connectivity index (χ2n) is 13.2. The van der Waals surface area contributed by atoms with E-state index in [1.54, 1.807) is 11.8 Å². The lowest BCUT2D eigenvalue weighted by atomic mass is 9.53. The third-order valence-electron chi connectivity index (χ3n) is 9.91. The molecule has 4 aliphatic carbocycles. The molecule has 1 aromatic heterocycles. The zero-order valence-corrected chi connectivity index (χ0v) is 25.6. The number of urea groups is 1. The lowest BCUT2D eigenvalue weighted by Crippen LogP contribution is -2.61. The number of aromatic nitrogens is 2. The molecule has 4 saturated carbocycles. The number of amides is 2. The topological polar surface area (TPSA) is 97.6 Å². The van der Waals surface area contributed by atoms with Gasteiger partial charge in [-0.3, -0.25) is 0 Å². The molecule has 0 radical (unpaired) electrons. The van der Waals surface area contributed by atoms with E-state index in [0.717, 1.165) is 76.6 Å². The summed E-state index contributed by atoms with van der Waals surface area (Å²) >= 11 is 1.68. The van der Waals surface area contributed by atoms with Crippen LogP contribution in [0, 0.1) is 17.8 Å². The maximum Gasteiger partial charge on any atom is 0.315 e. The Morgan fingerprint density at radius 3 is 2.23 bits per heavy atom. The number of hydrogen-bond acceptors (Lipinski definition) is 6. The Morgan fingerprint density at radius 2 is 1.60 bits per heavy atom. The van der Waals surface area contributed by atoms with Crippen LogP contribution < -0.4 is 10.6 Å². The minimum absolute atomic E-state index is 0.0123. The van der Waals surface area contributed by atoms with Crippen molar-refractivity contribution >= 4 is 17.8 Å². The van der Waals surface area contributed by atoms with Gasteiger partial charge in [-0.2, -0.15) is 0 Å². The predicted molar refractivity (Wildman–Crippen MR) is 165 cm³/mol. The number of hydrogen-bond donors (Lipinski definition) is 3. The molecule has 3 atom stereocenters. The van der Waals surface area contributed by atoms with E-state index in [9.17, 15) is 9.90 Å². The Hall–Kier alpha value is -2.85. The third kappa shape index (κ3) is 6.50. The van der Waals surface area contributed by atoms with E-state index in [1.807, 2.05) is 72.5 Å². The summed E-state index contributed by atoms with van der Waals surface area (Å²) in [7, 11) is 2.00. The van der Waals surface area contributed by atoms with Crippen LogP contribution >= 0.6 is 11.8 Å². The first-order chi connectivity index (χ1) is 20.9. The van der Waals surface area contributed by atoms with Gasteiger partial charge in [-0.25, -0.2) is 9.78 Å². The van der Waals surface area contributed by atoms with Crippen LogP contribution in [-0.4, -0.2) is 38.1 Å².